The number of carbonyl (C=O) groups is 2. The molecule has 1 aromatic heterocycles. The smallest absolute Gasteiger partial charge is 0.251 e. The molecule has 1 aliphatic carbocycles. The number of rotatable bonds is 4. The fraction of sp³-hybridized carbons (Fsp3) is 0.350. The Bertz CT molecular complexity index is 826. The van der Waals surface area contributed by atoms with E-state index in [2.05, 4.69) is 27.8 Å². The summed E-state index contributed by atoms with van der Waals surface area (Å²) >= 11 is 0. The van der Waals surface area contributed by atoms with Crippen molar-refractivity contribution in [3.05, 3.63) is 59.3 Å². The number of anilines is 1. The van der Waals surface area contributed by atoms with Crippen molar-refractivity contribution in [3.63, 3.8) is 0 Å². The van der Waals surface area contributed by atoms with Gasteiger partial charge in [-0.15, -0.1) is 0 Å². The molecule has 26 heavy (non-hydrogen) atoms. The van der Waals surface area contributed by atoms with Crippen LogP contribution in [-0.4, -0.2) is 47.4 Å². The van der Waals surface area contributed by atoms with Crippen LogP contribution < -0.4 is 10.6 Å². The molecule has 4 rings (SSSR count). The van der Waals surface area contributed by atoms with Gasteiger partial charge in [0.2, 0.25) is 5.91 Å². The van der Waals surface area contributed by atoms with Gasteiger partial charge in [-0.2, -0.15) is 0 Å². The van der Waals surface area contributed by atoms with Gasteiger partial charge >= 0.3 is 0 Å². The number of carbonyl (C=O) groups excluding carboxylic acids is 2. The van der Waals surface area contributed by atoms with Crippen LogP contribution in [0, 0.1) is 0 Å². The molecule has 0 spiro atoms. The third-order valence-corrected chi connectivity index (χ3v) is 5.24. The maximum absolute atomic E-state index is 12.5. The second-order valence-corrected chi connectivity index (χ2v) is 6.93. The quantitative estimate of drug-likeness (QED) is 0.879. The number of likely N-dealkylation sites (tertiary alicyclic amines) is 1. The summed E-state index contributed by atoms with van der Waals surface area (Å²) in [5, 5.41) is 5.92. The fourth-order valence-electron chi connectivity index (χ4n) is 3.91. The fourth-order valence-corrected chi connectivity index (χ4v) is 3.91. The highest BCUT2D eigenvalue weighted by Crippen LogP contribution is 2.28. The van der Waals surface area contributed by atoms with Crippen LogP contribution in [0.25, 0.3) is 0 Å². The van der Waals surface area contributed by atoms with Gasteiger partial charge in [-0.3, -0.25) is 9.59 Å². The normalized spacial score (nSPS) is 19.5. The maximum atomic E-state index is 12.5. The zero-order chi connectivity index (χ0) is 18.1. The molecule has 2 aliphatic rings. The number of hydrogen-bond acceptors (Lipinski definition) is 4. The second-order valence-electron chi connectivity index (χ2n) is 6.93. The third-order valence-electron chi connectivity index (χ3n) is 5.24. The van der Waals surface area contributed by atoms with Gasteiger partial charge in [-0.05, 0) is 36.1 Å². The molecule has 2 N–H and O–H groups in total. The maximum Gasteiger partial charge on any atom is 0.251 e. The molecule has 1 unspecified atom stereocenters. The largest absolute Gasteiger partial charge is 0.373 e. The van der Waals surface area contributed by atoms with Crippen LogP contribution in [0.4, 0.5) is 5.82 Å². The first-order valence-corrected chi connectivity index (χ1v) is 8.95. The molecule has 0 radical (unpaired) electrons. The molecule has 6 nitrogen and oxygen atoms in total. The van der Waals surface area contributed by atoms with Gasteiger partial charge in [-0.25, -0.2) is 4.98 Å². The van der Waals surface area contributed by atoms with Crippen LogP contribution in [0.1, 0.15) is 27.9 Å². The van der Waals surface area contributed by atoms with Crippen molar-refractivity contribution in [3.8, 4) is 0 Å². The number of fused-ring (bicyclic) bond motifs is 1. The lowest BCUT2D eigenvalue weighted by atomic mass is 10.1. The highest BCUT2D eigenvalue weighted by molar-refractivity contribution is 5.95. The van der Waals surface area contributed by atoms with E-state index < -0.39 is 0 Å². The highest BCUT2D eigenvalue weighted by Gasteiger charge is 2.37. The Morgan fingerprint density at radius 1 is 1.15 bits per heavy atom. The van der Waals surface area contributed by atoms with E-state index in [9.17, 15) is 9.59 Å². The molecule has 2 aromatic rings. The summed E-state index contributed by atoms with van der Waals surface area (Å²) in [5.41, 5.74) is 3.20. The van der Waals surface area contributed by atoms with Crippen LogP contribution in [0.3, 0.4) is 0 Å². The number of pyridine rings is 1. The van der Waals surface area contributed by atoms with Crippen molar-refractivity contribution in [2.45, 2.75) is 31.3 Å². The number of amides is 2. The van der Waals surface area contributed by atoms with Crippen molar-refractivity contribution in [2.75, 3.05) is 18.9 Å². The van der Waals surface area contributed by atoms with Crippen LogP contribution in [0.2, 0.25) is 0 Å². The van der Waals surface area contributed by atoms with Crippen molar-refractivity contribution in [1.82, 2.24) is 15.2 Å². The van der Waals surface area contributed by atoms with E-state index in [0.29, 0.717) is 24.3 Å². The summed E-state index contributed by atoms with van der Waals surface area (Å²) in [6.07, 6.45) is 3.77. The average Bonchev–Trinajstić information content (AvgIpc) is 3.24. The molecule has 1 atom stereocenters. The Kier molecular flexibility index (Phi) is 4.32. The minimum Gasteiger partial charge on any atom is -0.373 e. The first-order chi connectivity index (χ1) is 12.6. The van der Waals surface area contributed by atoms with Gasteiger partial charge in [0.05, 0.1) is 6.04 Å². The van der Waals surface area contributed by atoms with Gasteiger partial charge < -0.3 is 15.5 Å². The van der Waals surface area contributed by atoms with Crippen molar-refractivity contribution < 1.29 is 9.59 Å². The Morgan fingerprint density at radius 3 is 2.58 bits per heavy atom. The molecule has 134 valence electrons. The standard InChI is InChI=1S/C20H22N4O2/c1-21-18-10-15(6-7-22-18)20(26)23-16-11-19(25)24(12-16)17-8-13-4-2-3-5-14(13)9-17/h2-7,10,16-17H,8-9,11-12H2,1H3,(H,21,22)(H,23,26). The Morgan fingerprint density at radius 2 is 1.88 bits per heavy atom. The average molecular weight is 350 g/mol. The first-order valence-electron chi connectivity index (χ1n) is 8.95. The molecule has 1 aliphatic heterocycles. The van der Waals surface area contributed by atoms with E-state index >= 15 is 0 Å². The summed E-state index contributed by atoms with van der Waals surface area (Å²) in [6, 6.07) is 11.8. The topological polar surface area (TPSA) is 74.3 Å². The van der Waals surface area contributed by atoms with E-state index in [0.717, 1.165) is 12.8 Å². The SMILES string of the molecule is CNc1cc(C(=O)NC2CC(=O)N(C3Cc4ccccc4C3)C2)ccn1. The van der Waals surface area contributed by atoms with Gasteiger partial charge in [0, 0.05) is 37.8 Å². The Balaban J connectivity index is 1.40. The highest BCUT2D eigenvalue weighted by atomic mass is 16.2. The molecule has 1 saturated heterocycles. The predicted molar refractivity (Wildman–Crippen MR) is 99.0 cm³/mol. The van der Waals surface area contributed by atoms with Crippen molar-refractivity contribution in [2.24, 2.45) is 0 Å². The predicted octanol–water partition coefficient (Wildman–Crippen LogP) is 1.62. The number of hydrogen-bond donors (Lipinski definition) is 2. The summed E-state index contributed by atoms with van der Waals surface area (Å²) < 4.78 is 0. The van der Waals surface area contributed by atoms with E-state index in [1.165, 1.54) is 11.1 Å². The van der Waals surface area contributed by atoms with Gasteiger partial charge in [-0.1, -0.05) is 24.3 Å². The minimum absolute atomic E-state index is 0.124. The van der Waals surface area contributed by atoms with Crippen LogP contribution in [0.5, 0.6) is 0 Å². The zero-order valence-electron chi connectivity index (χ0n) is 14.7. The lowest BCUT2D eigenvalue weighted by Gasteiger charge is -2.24. The lowest BCUT2D eigenvalue weighted by Crippen LogP contribution is -2.41. The summed E-state index contributed by atoms with van der Waals surface area (Å²) in [6.45, 7) is 0.577. The molecule has 2 amide bonds. The molecule has 1 aromatic carbocycles. The molecule has 2 heterocycles. The van der Waals surface area contributed by atoms with E-state index in [4.69, 9.17) is 0 Å². The van der Waals surface area contributed by atoms with Gasteiger partial charge in [0.1, 0.15) is 5.82 Å². The van der Waals surface area contributed by atoms with E-state index in [1.54, 1.807) is 25.4 Å². The Hall–Kier alpha value is -2.89. The van der Waals surface area contributed by atoms with Crippen LogP contribution in [0.15, 0.2) is 42.6 Å². The van der Waals surface area contributed by atoms with Crippen molar-refractivity contribution >= 4 is 17.6 Å². The molecular formula is C20H22N4O2. The lowest BCUT2D eigenvalue weighted by molar-refractivity contribution is -0.129. The number of benzene rings is 1. The van der Waals surface area contributed by atoms with E-state index in [1.807, 2.05) is 17.0 Å². The molecule has 1 fully saturated rings. The molecular weight excluding hydrogens is 328 g/mol. The van der Waals surface area contributed by atoms with Crippen LogP contribution >= 0.6 is 0 Å². The number of nitrogens with one attached hydrogen (secondary N) is 2. The summed E-state index contributed by atoms with van der Waals surface area (Å²) in [4.78, 5) is 31.0. The molecule has 0 saturated carbocycles. The van der Waals surface area contributed by atoms with Gasteiger partial charge in [0.25, 0.3) is 5.91 Å². The molecule has 6 heteroatoms. The minimum atomic E-state index is -0.168. The van der Waals surface area contributed by atoms with E-state index in [-0.39, 0.29) is 23.9 Å². The van der Waals surface area contributed by atoms with Crippen molar-refractivity contribution in [1.29, 1.82) is 0 Å². The first kappa shape index (κ1) is 16.6. The van der Waals surface area contributed by atoms with Gasteiger partial charge in [0.15, 0.2) is 0 Å². The molecule has 0 bridgehead atoms. The Labute approximate surface area is 152 Å². The van der Waals surface area contributed by atoms with Crippen LogP contribution in [-0.2, 0) is 17.6 Å². The number of aromatic nitrogens is 1. The summed E-state index contributed by atoms with van der Waals surface area (Å²) in [5.74, 6) is 0.600. The monoisotopic (exact) mass is 350 g/mol. The number of nitrogens with zero attached hydrogens (tertiary/aromatic N) is 2. The summed E-state index contributed by atoms with van der Waals surface area (Å²) in [7, 11) is 1.76. The second kappa shape index (κ2) is 6.78. The zero-order valence-corrected chi connectivity index (χ0v) is 14.7. The third kappa shape index (κ3) is 3.14.